The highest BCUT2D eigenvalue weighted by molar-refractivity contribution is 5.96. The lowest BCUT2D eigenvalue weighted by atomic mass is 10.0. The van der Waals surface area contributed by atoms with Gasteiger partial charge >= 0.3 is 0 Å². The molecule has 0 saturated carbocycles. The quantitative estimate of drug-likeness (QED) is 0.728. The van der Waals surface area contributed by atoms with Crippen molar-refractivity contribution >= 4 is 5.78 Å². The van der Waals surface area contributed by atoms with Crippen molar-refractivity contribution in [3.8, 4) is 0 Å². The van der Waals surface area contributed by atoms with Gasteiger partial charge in [-0.3, -0.25) is 9.48 Å². The van der Waals surface area contributed by atoms with Crippen LogP contribution in [0.15, 0.2) is 6.07 Å². The third kappa shape index (κ3) is 2.02. The van der Waals surface area contributed by atoms with Crippen molar-refractivity contribution in [1.82, 2.24) is 9.78 Å². The molecule has 4 nitrogen and oxygen atoms in total. The molecule has 0 radical (unpaired) electrons. The molecule has 1 atom stereocenters. The molecule has 1 saturated heterocycles. The van der Waals surface area contributed by atoms with Gasteiger partial charge in [-0.15, -0.1) is 0 Å². The summed E-state index contributed by atoms with van der Waals surface area (Å²) in [5.74, 6) is 0.221. The number of Topliss-reactive ketones (excluding diaryl/α,β-unsaturated/α-hetero) is 1. The minimum absolute atomic E-state index is 0.0340. The summed E-state index contributed by atoms with van der Waals surface area (Å²) in [5, 5.41) is 4.39. The number of aryl methyl sites for hydroxylation is 2. The summed E-state index contributed by atoms with van der Waals surface area (Å²) in [7, 11) is 0. The van der Waals surface area contributed by atoms with Gasteiger partial charge in [0.2, 0.25) is 0 Å². The zero-order chi connectivity index (χ0) is 11.5. The van der Waals surface area contributed by atoms with Gasteiger partial charge in [0.05, 0.1) is 12.3 Å². The Labute approximate surface area is 95.6 Å². The molecule has 1 fully saturated rings. The highest BCUT2D eigenvalue weighted by Crippen LogP contribution is 2.19. The standard InChI is InChI=1S/C12H18N2O2/c1-3-10-7-11(14(4-2)13-10)12(15)9-5-6-16-8-9/h7,9H,3-6,8H2,1-2H3. The van der Waals surface area contributed by atoms with E-state index in [4.69, 9.17) is 4.74 Å². The molecular formula is C12H18N2O2. The summed E-state index contributed by atoms with van der Waals surface area (Å²) in [4.78, 5) is 12.2. The second kappa shape index (κ2) is 4.78. The Hall–Kier alpha value is -1.16. The molecule has 0 N–H and O–H groups in total. The second-order valence-corrected chi connectivity index (χ2v) is 4.11. The molecule has 0 bridgehead atoms. The maximum absolute atomic E-state index is 12.2. The van der Waals surface area contributed by atoms with Crippen LogP contribution in [0.2, 0.25) is 0 Å². The minimum atomic E-state index is 0.0340. The lowest BCUT2D eigenvalue weighted by Crippen LogP contribution is -2.18. The monoisotopic (exact) mass is 222 g/mol. The summed E-state index contributed by atoms with van der Waals surface area (Å²) < 4.78 is 7.06. The third-order valence-corrected chi connectivity index (χ3v) is 3.05. The van der Waals surface area contributed by atoms with Crippen molar-refractivity contribution in [3.05, 3.63) is 17.5 Å². The molecule has 88 valence electrons. The Kier molecular flexibility index (Phi) is 3.39. The number of nitrogens with zero attached hydrogens (tertiary/aromatic N) is 2. The molecule has 0 spiro atoms. The van der Waals surface area contributed by atoms with E-state index in [0.717, 1.165) is 30.8 Å². The minimum Gasteiger partial charge on any atom is -0.381 e. The van der Waals surface area contributed by atoms with Crippen LogP contribution < -0.4 is 0 Å². The number of carbonyl (C=O) groups is 1. The molecule has 1 aromatic heterocycles. The predicted molar refractivity (Wildman–Crippen MR) is 60.5 cm³/mol. The summed E-state index contributed by atoms with van der Waals surface area (Å²) in [6, 6.07) is 1.92. The zero-order valence-electron chi connectivity index (χ0n) is 9.90. The van der Waals surface area contributed by atoms with Crippen LogP contribution in [0.1, 0.15) is 36.5 Å². The average Bonchev–Trinajstić information content (AvgIpc) is 2.96. The fraction of sp³-hybridized carbons (Fsp3) is 0.667. The number of ketones is 1. The number of hydrogen-bond acceptors (Lipinski definition) is 3. The van der Waals surface area contributed by atoms with E-state index in [1.165, 1.54) is 0 Å². The SMILES string of the molecule is CCc1cc(C(=O)C2CCOC2)n(CC)n1. The molecule has 1 aliphatic heterocycles. The first-order valence-electron chi connectivity index (χ1n) is 5.95. The van der Waals surface area contributed by atoms with Crippen LogP contribution >= 0.6 is 0 Å². The van der Waals surface area contributed by atoms with Gasteiger partial charge in [-0.2, -0.15) is 5.10 Å². The van der Waals surface area contributed by atoms with Crippen LogP contribution in [0.25, 0.3) is 0 Å². The van der Waals surface area contributed by atoms with Crippen molar-refractivity contribution in [2.45, 2.75) is 33.2 Å². The molecule has 4 heteroatoms. The summed E-state index contributed by atoms with van der Waals surface area (Å²) in [5.41, 5.74) is 1.74. The number of carbonyl (C=O) groups excluding carboxylic acids is 1. The highest BCUT2D eigenvalue weighted by Gasteiger charge is 2.27. The first kappa shape index (κ1) is 11.3. The fourth-order valence-electron chi connectivity index (χ4n) is 2.03. The predicted octanol–water partition coefficient (Wildman–Crippen LogP) is 1.68. The van der Waals surface area contributed by atoms with Gasteiger partial charge in [-0.05, 0) is 25.8 Å². The number of hydrogen-bond donors (Lipinski definition) is 0. The summed E-state index contributed by atoms with van der Waals surface area (Å²) in [6.45, 7) is 6.07. The van der Waals surface area contributed by atoms with Crippen LogP contribution in [0, 0.1) is 5.92 Å². The highest BCUT2D eigenvalue weighted by atomic mass is 16.5. The number of rotatable bonds is 4. The van der Waals surface area contributed by atoms with E-state index >= 15 is 0 Å². The number of aromatic nitrogens is 2. The molecule has 1 aromatic rings. The Balaban J connectivity index is 2.23. The smallest absolute Gasteiger partial charge is 0.186 e. The normalized spacial score (nSPS) is 20.2. The van der Waals surface area contributed by atoms with E-state index in [-0.39, 0.29) is 11.7 Å². The molecule has 0 aliphatic carbocycles. The molecule has 16 heavy (non-hydrogen) atoms. The van der Waals surface area contributed by atoms with Crippen LogP contribution in [0.4, 0.5) is 0 Å². The molecule has 0 aromatic carbocycles. The van der Waals surface area contributed by atoms with Crippen LogP contribution in [0.5, 0.6) is 0 Å². The van der Waals surface area contributed by atoms with E-state index in [2.05, 4.69) is 12.0 Å². The molecule has 2 rings (SSSR count). The third-order valence-electron chi connectivity index (χ3n) is 3.05. The topological polar surface area (TPSA) is 44.1 Å². The second-order valence-electron chi connectivity index (χ2n) is 4.11. The molecule has 2 heterocycles. The fourth-order valence-corrected chi connectivity index (χ4v) is 2.03. The zero-order valence-corrected chi connectivity index (χ0v) is 9.90. The van der Waals surface area contributed by atoms with E-state index < -0.39 is 0 Å². The van der Waals surface area contributed by atoms with Gasteiger partial charge in [0.25, 0.3) is 0 Å². The van der Waals surface area contributed by atoms with Gasteiger partial charge in [0.1, 0.15) is 5.69 Å². The average molecular weight is 222 g/mol. The van der Waals surface area contributed by atoms with E-state index in [1.54, 1.807) is 4.68 Å². The van der Waals surface area contributed by atoms with Crippen molar-refractivity contribution in [3.63, 3.8) is 0 Å². The Morgan fingerprint density at radius 3 is 3.00 bits per heavy atom. The molecule has 1 unspecified atom stereocenters. The van der Waals surface area contributed by atoms with Gasteiger partial charge in [-0.25, -0.2) is 0 Å². The van der Waals surface area contributed by atoms with Crippen LogP contribution in [0.3, 0.4) is 0 Å². The first-order chi connectivity index (χ1) is 7.76. The van der Waals surface area contributed by atoms with Crippen molar-refractivity contribution in [1.29, 1.82) is 0 Å². The van der Waals surface area contributed by atoms with Crippen LogP contribution in [-0.4, -0.2) is 28.8 Å². The summed E-state index contributed by atoms with van der Waals surface area (Å²) in [6.07, 6.45) is 1.71. The molecular weight excluding hydrogens is 204 g/mol. The molecule has 0 amide bonds. The lowest BCUT2D eigenvalue weighted by molar-refractivity contribution is 0.0889. The lowest BCUT2D eigenvalue weighted by Gasteiger charge is -2.07. The molecule has 1 aliphatic rings. The van der Waals surface area contributed by atoms with Crippen molar-refractivity contribution < 1.29 is 9.53 Å². The number of ether oxygens (including phenoxy) is 1. The maximum Gasteiger partial charge on any atom is 0.186 e. The summed E-state index contributed by atoms with van der Waals surface area (Å²) >= 11 is 0. The Morgan fingerprint density at radius 1 is 1.62 bits per heavy atom. The first-order valence-corrected chi connectivity index (χ1v) is 5.95. The van der Waals surface area contributed by atoms with E-state index in [9.17, 15) is 4.79 Å². The van der Waals surface area contributed by atoms with Crippen molar-refractivity contribution in [2.75, 3.05) is 13.2 Å². The van der Waals surface area contributed by atoms with Crippen LogP contribution in [-0.2, 0) is 17.7 Å². The van der Waals surface area contributed by atoms with Gasteiger partial charge < -0.3 is 4.74 Å². The Bertz CT molecular complexity index is 378. The van der Waals surface area contributed by atoms with Crippen molar-refractivity contribution in [2.24, 2.45) is 5.92 Å². The maximum atomic E-state index is 12.2. The Morgan fingerprint density at radius 2 is 2.44 bits per heavy atom. The van der Waals surface area contributed by atoms with E-state index in [1.807, 2.05) is 13.0 Å². The largest absolute Gasteiger partial charge is 0.381 e. The van der Waals surface area contributed by atoms with Gasteiger partial charge in [0, 0.05) is 19.1 Å². The van der Waals surface area contributed by atoms with Gasteiger partial charge in [0.15, 0.2) is 5.78 Å². The van der Waals surface area contributed by atoms with E-state index in [0.29, 0.717) is 13.2 Å². The van der Waals surface area contributed by atoms with Gasteiger partial charge in [-0.1, -0.05) is 6.92 Å².